The number of anilines is 1. The molecule has 132 valence electrons. The molecule has 1 saturated heterocycles. The average molecular weight is 361 g/mol. The van der Waals surface area contributed by atoms with Crippen LogP contribution in [0.2, 0.25) is 5.02 Å². The van der Waals surface area contributed by atoms with Crippen LogP contribution < -0.4 is 5.32 Å². The molecule has 1 aliphatic rings. The summed E-state index contributed by atoms with van der Waals surface area (Å²) in [5.74, 6) is -0.180. The minimum atomic E-state index is -0.127. The summed E-state index contributed by atoms with van der Waals surface area (Å²) in [6, 6.07) is 5.00. The minimum Gasteiger partial charge on any atom is -0.339 e. The van der Waals surface area contributed by atoms with Crippen molar-refractivity contribution in [2.24, 2.45) is 0 Å². The van der Waals surface area contributed by atoms with Crippen molar-refractivity contribution in [3.63, 3.8) is 0 Å². The van der Waals surface area contributed by atoms with E-state index in [-0.39, 0.29) is 11.8 Å². The maximum atomic E-state index is 12.7. The zero-order valence-electron chi connectivity index (χ0n) is 13.9. The van der Waals surface area contributed by atoms with E-state index in [9.17, 15) is 9.59 Å². The van der Waals surface area contributed by atoms with Gasteiger partial charge in [-0.2, -0.15) is 0 Å². The number of rotatable bonds is 6. The van der Waals surface area contributed by atoms with Gasteiger partial charge >= 0.3 is 0 Å². The Balaban J connectivity index is 1.63. The zero-order chi connectivity index (χ0) is 17.6. The standard InChI is InChI=1S/C18H21ClN4O2/c19-14-5-6-15(18(25)23-9-1-2-10-23)16(12-14)21-17(24)4-3-8-22-11-7-20-13-22/h5-7,11-13H,1-4,8-10H2,(H,21,24). The van der Waals surface area contributed by atoms with Crippen LogP contribution in [-0.4, -0.2) is 39.4 Å². The Hall–Kier alpha value is -2.34. The number of halogens is 1. The van der Waals surface area contributed by atoms with E-state index in [1.54, 1.807) is 30.7 Å². The molecule has 2 aromatic rings. The number of benzene rings is 1. The van der Waals surface area contributed by atoms with Crippen molar-refractivity contribution in [2.45, 2.75) is 32.2 Å². The smallest absolute Gasteiger partial charge is 0.255 e. The molecular formula is C18H21ClN4O2. The lowest BCUT2D eigenvalue weighted by Gasteiger charge is -2.18. The summed E-state index contributed by atoms with van der Waals surface area (Å²) in [5, 5.41) is 3.33. The number of aromatic nitrogens is 2. The summed E-state index contributed by atoms with van der Waals surface area (Å²) >= 11 is 6.05. The molecule has 2 amide bonds. The van der Waals surface area contributed by atoms with Gasteiger partial charge in [0.2, 0.25) is 5.91 Å². The van der Waals surface area contributed by atoms with E-state index >= 15 is 0 Å². The molecule has 1 aromatic heterocycles. The number of aryl methyl sites for hydroxylation is 1. The summed E-state index contributed by atoms with van der Waals surface area (Å²) in [5.41, 5.74) is 0.978. The molecule has 0 bridgehead atoms. The second-order valence-electron chi connectivity index (χ2n) is 6.14. The quantitative estimate of drug-likeness (QED) is 0.860. The van der Waals surface area contributed by atoms with Crippen molar-refractivity contribution in [1.29, 1.82) is 0 Å². The molecule has 2 heterocycles. The van der Waals surface area contributed by atoms with Crippen LogP contribution >= 0.6 is 11.6 Å². The Bertz CT molecular complexity index is 740. The van der Waals surface area contributed by atoms with E-state index < -0.39 is 0 Å². The molecule has 0 atom stereocenters. The third-order valence-electron chi connectivity index (χ3n) is 4.26. The number of nitrogens with one attached hydrogen (secondary N) is 1. The third kappa shape index (κ3) is 4.60. The van der Waals surface area contributed by atoms with E-state index in [2.05, 4.69) is 10.3 Å². The van der Waals surface area contributed by atoms with Crippen LogP contribution in [0.3, 0.4) is 0 Å². The summed E-state index contributed by atoms with van der Waals surface area (Å²) in [7, 11) is 0. The van der Waals surface area contributed by atoms with E-state index in [1.807, 2.05) is 15.7 Å². The maximum absolute atomic E-state index is 12.7. The van der Waals surface area contributed by atoms with Gasteiger partial charge in [0.25, 0.3) is 5.91 Å². The van der Waals surface area contributed by atoms with Crippen LogP contribution in [0.1, 0.15) is 36.0 Å². The number of carbonyl (C=O) groups is 2. The second-order valence-corrected chi connectivity index (χ2v) is 6.58. The van der Waals surface area contributed by atoms with E-state index in [4.69, 9.17) is 11.6 Å². The lowest BCUT2D eigenvalue weighted by Crippen LogP contribution is -2.28. The van der Waals surface area contributed by atoms with Gasteiger partial charge in [-0.1, -0.05) is 11.6 Å². The van der Waals surface area contributed by atoms with Crippen molar-refractivity contribution in [3.8, 4) is 0 Å². The first kappa shape index (κ1) is 17.5. The molecule has 0 radical (unpaired) electrons. The Morgan fingerprint density at radius 1 is 1.24 bits per heavy atom. The fourth-order valence-corrected chi connectivity index (χ4v) is 3.12. The number of amides is 2. The molecule has 0 saturated carbocycles. The van der Waals surface area contributed by atoms with Crippen molar-refractivity contribution in [2.75, 3.05) is 18.4 Å². The van der Waals surface area contributed by atoms with Gasteiger partial charge in [0.1, 0.15) is 0 Å². The minimum absolute atomic E-state index is 0.0529. The molecule has 1 aliphatic heterocycles. The first-order valence-electron chi connectivity index (χ1n) is 8.48. The molecule has 7 heteroatoms. The van der Waals surface area contributed by atoms with Gasteiger partial charge in [0.05, 0.1) is 17.6 Å². The van der Waals surface area contributed by atoms with Gasteiger partial charge in [0.15, 0.2) is 0 Å². The SMILES string of the molecule is O=C(CCCn1ccnc1)Nc1cc(Cl)ccc1C(=O)N1CCCC1. The lowest BCUT2D eigenvalue weighted by molar-refractivity contribution is -0.116. The molecular weight excluding hydrogens is 340 g/mol. The number of hydrogen-bond acceptors (Lipinski definition) is 3. The second kappa shape index (κ2) is 8.16. The lowest BCUT2D eigenvalue weighted by atomic mass is 10.1. The fourth-order valence-electron chi connectivity index (χ4n) is 2.95. The molecule has 1 aromatic carbocycles. The highest BCUT2D eigenvalue weighted by atomic mass is 35.5. The molecule has 0 aliphatic carbocycles. The van der Waals surface area contributed by atoms with Crippen molar-refractivity contribution < 1.29 is 9.59 Å². The number of likely N-dealkylation sites (tertiary alicyclic amines) is 1. The van der Waals surface area contributed by atoms with Crippen LogP contribution in [0.25, 0.3) is 0 Å². The van der Waals surface area contributed by atoms with Crippen molar-refractivity contribution in [1.82, 2.24) is 14.5 Å². The van der Waals surface area contributed by atoms with Gasteiger partial charge in [-0.25, -0.2) is 4.98 Å². The van der Waals surface area contributed by atoms with Gasteiger partial charge < -0.3 is 14.8 Å². The van der Waals surface area contributed by atoms with Crippen molar-refractivity contribution in [3.05, 3.63) is 47.5 Å². The average Bonchev–Trinajstić information content (AvgIpc) is 3.28. The normalized spacial score (nSPS) is 13.9. The van der Waals surface area contributed by atoms with Crippen LogP contribution in [0.15, 0.2) is 36.9 Å². The summed E-state index contributed by atoms with van der Waals surface area (Å²) in [6.45, 7) is 2.25. The summed E-state index contributed by atoms with van der Waals surface area (Å²) in [4.78, 5) is 30.7. The number of imidazole rings is 1. The molecule has 25 heavy (non-hydrogen) atoms. The number of hydrogen-bond donors (Lipinski definition) is 1. The zero-order valence-corrected chi connectivity index (χ0v) is 14.7. The first-order chi connectivity index (χ1) is 12.1. The highest BCUT2D eigenvalue weighted by Gasteiger charge is 2.22. The topological polar surface area (TPSA) is 67.2 Å². The Kier molecular flexibility index (Phi) is 5.71. The predicted octanol–water partition coefficient (Wildman–Crippen LogP) is 3.19. The van der Waals surface area contributed by atoms with Crippen LogP contribution in [0, 0.1) is 0 Å². The maximum Gasteiger partial charge on any atom is 0.255 e. The Morgan fingerprint density at radius 3 is 2.76 bits per heavy atom. The molecule has 1 N–H and O–H groups in total. The largest absolute Gasteiger partial charge is 0.339 e. The Labute approximate surface area is 151 Å². The highest BCUT2D eigenvalue weighted by Crippen LogP contribution is 2.24. The van der Waals surface area contributed by atoms with Crippen molar-refractivity contribution >= 4 is 29.1 Å². The number of carbonyl (C=O) groups excluding carboxylic acids is 2. The summed E-state index contributed by atoms with van der Waals surface area (Å²) in [6.07, 6.45) is 8.40. The number of nitrogens with zero attached hydrogens (tertiary/aromatic N) is 3. The van der Waals surface area contributed by atoms with E-state index in [1.165, 1.54) is 0 Å². The Morgan fingerprint density at radius 2 is 2.04 bits per heavy atom. The molecule has 6 nitrogen and oxygen atoms in total. The molecule has 1 fully saturated rings. The monoisotopic (exact) mass is 360 g/mol. The van der Waals surface area contributed by atoms with Gasteiger partial charge in [-0.05, 0) is 37.5 Å². The van der Waals surface area contributed by atoms with Gasteiger partial charge in [-0.3, -0.25) is 9.59 Å². The molecule has 3 rings (SSSR count). The van der Waals surface area contributed by atoms with Gasteiger partial charge in [-0.15, -0.1) is 0 Å². The van der Waals surface area contributed by atoms with E-state index in [0.717, 1.165) is 32.5 Å². The molecule has 0 spiro atoms. The fraction of sp³-hybridized carbons (Fsp3) is 0.389. The third-order valence-corrected chi connectivity index (χ3v) is 4.49. The summed E-state index contributed by atoms with van der Waals surface area (Å²) < 4.78 is 1.93. The van der Waals surface area contributed by atoms with Crippen LogP contribution in [0.5, 0.6) is 0 Å². The molecule has 0 unspecified atom stereocenters. The van der Waals surface area contributed by atoms with Crippen LogP contribution in [-0.2, 0) is 11.3 Å². The predicted molar refractivity (Wildman–Crippen MR) is 96.7 cm³/mol. The van der Waals surface area contributed by atoms with E-state index in [0.29, 0.717) is 29.1 Å². The van der Waals surface area contributed by atoms with Crippen LogP contribution in [0.4, 0.5) is 5.69 Å². The highest BCUT2D eigenvalue weighted by molar-refractivity contribution is 6.31. The first-order valence-corrected chi connectivity index (χ1v) is 8.86. The van der Waals surface area contributed by atoms with Gasteiger partial charge in [0, 0.05) is 43.5 Å².